The monoisotopic (exact) mass is 327 g/mol. The van der Waals surface area contributed by atoms with E-state index in [0.717, 1.165) is 5.56 Å². The molecule has 0 unspecified atom stereocenters. The summed E-state index contributed by atoms with van der Waals surface area (Å²) in [6.07, 6.45) is 0. The van der Waals surface area contributed by atoms with Gasteiger partial charge in [-0.05, 0) is 21.5 Å². The summed E-state index contributed by atoms with van der Waals surface area (Å²) in [6.45, 7) is 0.386. The molecular formula is C13H14BrNO4. The van der Waals surface area contributed by atoms with Gasteiger partial charge in [-0.1, -0.05) is 30.3 Å². The Morgan fingerprint density at radius 2 is 1.68 bits per heavy atom. The first-order chi connectivity index (χ1) is 9.10. The molecule has 0 aliphatic rings. The van der Waals surface area contributed by atoms with E-state index in [1.165, 1.54) is 14.2 Å². The molecule has 0 aliphatic carbocycles. The van der Waals surface area contributed by atoms with Gasteiger partial charge in [-0.2, -0.15) is 0 Å². The van der Waals surface area contributed by atoms with E-state index in [1.807, 2.05) is 30.3 Å². The minimum atomic E-state index is -0.652. The van der Waals surface area contributed by atoms with Gasteiger partial charge in [0, 0.05) is 6.54 Å². The van der Waals surface area contributed by atoms with Crippen molar-refractivity contribution < 1.29 is 19.1 Å². The number of methoxy groups -OCH3 is 2. The van der Waals surface area contributed by atoms with Crippen molar-refractivity contribution in [1.82, 2.24) is 5.32 Å². The molecule has 0 aromatic heterocycles. The van der Waals surface area contributed by atoms with E-state index in [1.54, 1.807) is 0 Å². The second kappa shape index (κ2) is 7.58. The third kappa shape index (κ3) is 4.40. The number of nitrogens with one attached hydrogen (secondary N) is 1. The van der Waals surface area contributed by atoms with E-state index in [0.29, 0.717) is 6.54 Å². The van der Waals surface area contributed by atoms with E-state index in [-0.39, 0.29) is 10.2 Å². The first-order valence-electron chi connectivity index (χ1n) is 5.44. The molecule has 1 N–H and O–H groups in total. The fraction of sp³-hybridized carbons (Fsp3) is 0.231. The largest absolute Gasteiger partial charge is 0.465 e. The van der Waals surface area contributed by atoms with Gasteiger partial charge in [0.1, 0.15) is 10.2 Å². The van der Waals surface area contributed by atoms with Gasteiger partial charge in [-0.15, -0.1) is 0 Å². The van der Waals surface area contributed by atoms with Crippen LogP contribution in [0.3, 0.4) is 0 Å². The van der Waals surface area contributed by atoms with Crippen LogP contribution in [0, 0.1) is 0 Å². The standard InChI is InChI=1S/C13H14BrNO4/c1-18-12(16)10(14)11(13(17)19-2)15-8-9-6-4-3-5-7-9/h3-7,15H,8H2,1-2H3/b11-10-. The Morgan fingerprint density at radius 3 is 2.21 bits per heavy atom. The molecule has 0 saturated carbocycles. The Morgan fingerprint density at radius 1 is 1.11 bits per heavy atom. The van der Waals surface area contributed by atoms with Crippen molar-refractivity contribution in [3.8, 4) is 0 Å². The molecule has 0 amide bonds. The SMILES string of the molecule is COC(=O)/C(Br)=C(/NCc1ccccc1)C(=O)OC. The van der Waals surface area contributed by atoms with Crippen LogP contribution in [0.2, 0.25) is 0 Å². The Balaban J connectivity index is 2.88. The van der Waals surface area contributed by atoms with Gasteiger partial charge >= 0.3 is 11.9 Å². The molecule has 0 spiro atoms. The fourth-order valence-electron chi connectivity index (χ4n) is 1.32. The van der Waals surface area contributed by atoms with Gasteiger partial charge in [0.2, 0.25) is 0 Å². The molecule has 6 heteroatoms. The van der Waals surface area contributed by atoms with E-state index in [9.17, 15) is 9.59 Å². The normalized spacial score (nSPS) is 11.3. The summed E-state index contributed by atoms with van der Waals surface area (Å²) in [4.78, 5) is 23.0. The lowest BCUT2D eigenvalue weighted by Crippen LogP contribution is -2.24. The predicted octanol–water partition coefficient (Wildman–Crippen LogP) is 1.73. The van der Waals surface area contributed by atoms with E-state index in [2.05, 4.69) is 30.7 Å². The number of benzene rings is 1. The van der Waals surface area contributed by atoms with Gasteiger partial charge in [0.15, 0.2) is 0 Å². The molecule has 1 aromatic rings. The van der Waals surface area contributed by atoms with Crippen molar-refractivity contribution in [1.29, 1.82) is 0 Å². The Hall–Kier alpha value is -1.82. The van der Waals surface area contributed by atoms with Crippen LogP contribution in [0.1, 0.15) is 5.56 Å². The molecule has 5 nitrogen and oxygen atoms in total. The molecule has 0 bridgehead atoms. The van der Waals surface area contributed by atoms with Crippen LogP contribution < -0.4 is 5.32 Å². The molecule has 0 radical (unpaired) electrons. The average Bonchev–Trinajstić information content (AvgIpc) is 2.47. The van der Waals surface area contributed by atoms with Crippen LogP contribution >= 0.6 is 15.9 Å². The fourth-order valence-corrected chi connectivity index (χ4v) is 1.78. The quantitative estimate of drug-likeness (QED) is 0.659. The minimum Gasteiger partial charge on any atom is -0.465 e. The lowest BCUT2D eigenvalue weighted by molar-refractivity contribution is -0.139. The average molecular weight is 328 g/mol. The number of rotatable bonds is 5. The number of carbonyl (C=O) groups excluding carboxylic acids is 2. The van der Waals surface area contributed by atoms with Gasteiger partial charge < -0.3 is 14.8 Å². The summed E-state index contributed by atoms with van der Waals surface area (Å²) in [5.41, 5.74) is 0.993. The molecule has 19 heavy (non-hydrogen) atoms. The number of hydrogen-bond donors (Lipinski definition) is 1. The number of carbonyl (C=O) groups is 2. The number of halogens is 1. The highest BCUT2D eigenvalue weighted by molar-refractivity contribution is 9.12. The van der Waals surface area contributed by atoms with Crippen LogP contribution in [0.5, 0.6) is 0 Å². The van der Waals surface area contributed by atoms with Gasteiger partial charge in [-0.3, -0.25) is 0 Å². The lowest BCUT2D eigenvalue weighted by atomic mass is 10.2. The molecule has 0 aliphatic heterocycles. The van der Waals surface area contributed by atoms with Crippen molar-refractivity contribution in [3.63, 3.8) is 0 Å². The minimum absolute atomic E-state index is 0.00205. The second-order valence-corrected chi connectivity index (χ2v) is 4.30. The van der Waals surface area contributed by atoms with Crippen molar-refractivity contribution in [3.05, 3.63) is 46.1 Å². The van der Waals surface area contributed by atoms with Crippen LogP contribution in [-0.2, 0) is 25.6 Å². The zero-order valence-corrected chi connectivity index (χ0v) is 12.2. The zero-order valence-electron chi connectivity index (χ0n) is 10.6. The van der Waals surface area contributed by atoms with Gasteiger partial charge in [0.25, 0.3) is 0 Å². The molecule has 0 heterocycles. The number of ether oxygens (including phenoxy) is 2. The molecular weight excluding hydrogens is 314 g/mol. The maximum atomic E-state index is 11.6. The first kappa shape index (κ1) is 15.2. The molecule has 102 valence electrons. The van der Waals surface area contributed by atoms with Crippen molar-refractivity contribution in [2.24, 2.45) is 0 Å². The molecule has 0 atom stereocenters. The molecule has 1 rings (SSSR count). The maximum Gasteiger partial charge on any atom is 0.355 e. The number of esters is 2. The first-order valence-corrected chi connectivity index (χ1v) is 6.23. The van der Waals surface area contributed by atoms with Crippen molar-refractivity contribution in [2.75, 3.05) is 14.2 Å². The molecule has 0 fully saturated rings. The van der Waals surface area contributed by atoms with Crippen LogP contribution in [0.15, 0.2) is 40.5 Å². The van der Waals surface area contributed by atoms with Crippen LogP contribution in [0.25, 0.3) is 0 Å². The zero-order chi connectivity index (χ0) is 14.3. The van der Waals surface area contributed by atoms with Crippen molar-refractivity contribution in [2.45, 2.75) is 6.54 Å². The van der Waals surface area contributed by atoms with E-state index in [4.69, 9.17) is 0 Å². The van der Waals surface area contributed by atoms with Gasteiger partial charge in [-0.25, -0.2) is 9.59 Å². The van der Waals surface area contributed by atoms with E-state index >= 15 is 0 Å². The number of hydrogen-bond acceptors (Lipinski definition) is 5. The smallest absolute Gasteiger partial charge is 0.355 e. The Kier molecular flexibility index (Phi) is 6.08. The van der Waals surface area contributed by atoms with Crippen LogP contribution in [0.4, 0.5) is 0 Å². The highest BCUT2D eigenvalue weighted by Crippen LogP contribution is 2.14. The maximum absolute atomic E-state index is 11.6. The lowest BCUT2D eigenvalue weighted by Gasteiger charge is -2.11. The topological polar surface area (TPSA) is 64.6 Å². The highest BCUT2D eigenvalue weighted by Gasteiger charge is 2.20. The van der Waals surface area contributed by atoms with Gasteiger partial charge in [0.05, 0.1) is 14.2 Å². The summed E-state index contributed by atoms with van der Waals surface area (Å²) in [5.74, 6) is -1.30. The summed E-state index contributed by atoms with van der Waals surface area (Å²) in [6, 6.07) is 9.45. The Bertz CT molecular complexity index is 485. The molecule has 0 saturated heterocycles. The molecule has 1 aromatic carbocycles. The predicted molar refractivity (Wildman–Crippen MR) is 73.3 cm³/mol. The highest BCUT2D eigenvalue weighted by atomic mass is 79.9. The third-order valence-corrected chi connectivity index (χ3v) is 3.01. The van der Waals surface area contributed by atoms with E-state index < -0.39 is 11.9 Å². The summed E-state index contributed by atoms with van der Waals surface area (Å²) < 4.78 is 9.17. The second-order valence-electron chi connectivity index (χ2n) is 3.51. The third-order valence-electron chi connectivity index (χ3n) is 2.29. The Labute approximate surface area is 119 Å². The summed E-state index contributed by atoms with van der Waals surface area (Å²) in [5, 5.41) is 2.86. The van der Waals surface area contributed by atoms with Crippen LogP contribution in [-0.4, -0.2) is 26.2 Å². The van der Waals surface area contributed by atoms with Crippen molar-refractivity contribution >= 4 is 27.9 Å². The summed E-state index contributed by atoms with van der Waals surface area (Å²) in [7, 11) is 2.47. The summed E-state index contributed by atoms with van der Waals surface area (Å²) >= 11 is 3.03.